The van der Waals surface area contributed by atoms with Crippen LogP contribution in [0.25, 0.3) is 0 Å². The number of amides is 1. The summed E-state index contributed by atoms with van der Waals surface area (Å²) < 4.78 is 33.0. The van der Waals surface area contributed by atoms with E-state index in [-0.39, 0.29) is 16.5 Å². The Morgan fingerprint density at radius 1 is 1.19 bits per heavy atom. The largest absolute Gasteiger partial charge is 0.495 e. The van der Waals surface area contributed by atoms with Crippen LogP contribution in [0, 0.1) is 17.6 Å². The van der Waals surface area contributed by atoms with Crippen molar-refractivity contribution in [1.82, 2.24) is 0 Å². The van der Waals surface area contributed by atoms with Gasteiger partial charge in [0.15, 0.2) is 0 Å². The van der Waals surface area contributed by atoms with Gasteiger partial charge in [-0.1, -0.05) is 0 Å². The minimum atomic E-state index is -3.87. The average molecular weight is 391 g/mol. The van der Waals surface area contributed by atoms with Crippen molar-refractivity contribution in [3.63, 3.8) is 0 Å². The number of benzene rings is 2. The van der Waals surface area contributed by atoms with Crippen molar-refractivity contribution in [2.45, 2.75) is 23.6 Å². The van der Waals surface area contributed by atoms with Crippen LogP contribution in [-0.4, -0.2) is 21.4 Å². The lowest BCUT2D eigenvalue weighted by Gasteiger charge is -2.14. The molecule has 0 aliphatic heterocycles. The van der Waals surface area contributed by atoms with Gasteiger partial charge in [-0.3, -0.25) is 9.52 Å². The van der Waals surface area contributed by atoms with Gasteiger partial charge in [0.2, 0.25) is 5.91 Å². The third kappa shape index (κ3) is 4.68. The highest BCUT2D eigenvalue weighted by Crippen LogP contribution is 2.30. The standard InChI is InChI=1S/C17H17N3O4S2/c1-11-8-13(25-10-18)4-6-15(11)20-26(22,23)14-5-7-17(24-3)16(9-14)19-12(2)21/h4-9,20H,1-3H3,(H,19,21). The lowest BCUT2D eigenvalue weighted by atomic mass is 10.2. The zero-order valence-electron chi connectivity index (χ0n) is 14.4. The van der Waals surface area contributed by atoms with Crippen LogP contribution in [0.15, 0.2) is 46.2 Å². The van der Waals surface area contributed by atoms with Crippen molar-refractivity contribution in [3.8, 4) is 11.2 Å². The lowest BCUT2D eigenvalue weighted by Crippen LogP contribution is -2.15. The van der Waals surface area contributed by atoms with E-state index in [9.17, 15) is 13.2 Å². The molecule has 0 saturated carbocycles. The molecule has 2 rings (SSSR count). The number of nitrogens with zero attached hydrogens (tertiary/aromatic N) is 1. The van der Waals surface area contributed by atoms with E-state index in [0.29, 0.717) is 17.0 Å². The van der Waals surface area contributed by atoms with Gasteiger partial charge in [0.05, 0.1) is 23.4 Å². The normalized spacial score (nSPS) is 10.7. The van der Waals surface area contributed by atoms with Gasteiger partial charge in [-0.25, -0.2) is 8.42 Å². The fourth-order valence-electron chi connectivity index (χ4n) is 2.21. The maximum absolute atomic E-state index is 12.7. The lowest BCUT2D eigenvalue weighted by molar-refractivity contribution is -0.114. The number of ether oxygens (including phenoxy) is 1. The summed E-state index contributed by atoms with van der Waals surface area (Å²) in [5.74, 6) is 0.0143. The Balaban J connectivity index is 2.36. The van der Waals surface area contributed by atoms with Crippen LogP contribution in [0.3, 0.4) is 0 Å². The number of carbonyl (C=O) groups is 1. The SMILES string of the molecule is COc1ccc(S(=O)(=O)Nc2ccc(SC#N)cc2C)cc1NC(C)=O. The van der Waals surface area contributed by atoms with Gasteiger partial charge < -0.3 is 10.1 Å². The minimum absolute atomic E-state index is 0.0167. The maximum Gasteiger partial charge on any atom is 0.261 e. The topological polar surface area (TPSA) is 108 Å². The van der Waals surface area contributed by atoms with Gasteiger partial charge in [-0.15, -0.1) is 0 Å². The molecule has 0 aromatic heterocycles. The molecular weight excluding hydrogens is 374 g/mol. The number of methoxy groups -OCH3 is 1. The molecule has 26 heavy (non-hydrogen) atoms. The molecule has 0 heterocycles. The fraction of sp³-hybridized carbons (Fsp3) is 0.176. The number of sulfonamides is 1. The third-order valence-corrected chi connectivity index (χ3v) is 5.34. The number of rotatable bonds is 6. The zero-order chi connectivity index (χ0) is 19.3. The Bertz CT molecular complexity index is 982. The van der Waals surface area contributed by atoms with Crippen molar-refractivity contribution < 1.29 is 17.9 Å². The molecule has 0 unspecified atom stereocenters. The first-order chi connectivity index (χ1) is 12.3. The average Bonchev–Trinajstić information content (AvgIpc) is 2.57. The summed E-state index contributed by atoms with van der Waals surface area (Å²) in [6.07, 6.45) is 0. The summed E-state index contributed by atoms with van der Waals surface area (Å²) in [7, 11) is -2.45. The van der Waals surface area contributed by atoms with Crippen molar-refractivity contribution in [1.29, 1.82) is 5.26 Å². The van der Waals surface area contributed by atoms with Crippen LogP contribution in [0.1, 0.15) is 12.5 Å². The van der Waals surface area contributed by atoms with Crippen LogP contribution in [0.2, 0.25) is 0 Å². The summed E-state index contributed by atoms with van der Waals surface area (Å²) in [5, 5.41) is 13.2. The molecule has 2 aromatic carbocycles. The molecule has 0 aliphatic rings. The summed E-state index contributed by atoms with van der Waals surface area (Å²) in [4.78, 5) is 12.0. The summed E-state index contributed by atoms with van der Waals surface area (Å²) in [6, 6.07) is 9.18. The van der Waals surface area contributed by atoms with Crippen molar-refractivity contribution in [2.75, 3.05) is 17.1 Å². The molecule has 0 fully saturated rings. The predicted molar refractivity (Wildman–Crippen MR) is 101 cm³/mol. The molecule has 2 N–H and O–H groups in total. The second-order valence-electron chi connectivity index (χ2n) is 5.32. The van der Waals surface area contributed by atoms with Crippen molar-refractivity contribution in [3.05, 3.63) is 42.0 Å². The molecule has 0 radical (unpaired) electrons. The van der Waals surface area contributed by atoms with E-state index in [0.717, 1.165) is 16.7 Å². The van der Waals surface area contributed by atoms with Crippen LogP contribution in [0.5, 0.6) is 5.75 Å². The fourth-order valence-corrected chi connectivity index (χ4v) is 3.85. The van der Waals surface area contributed by atoms with Crippen LogP contribution in [-0.2, 0) is 14.8 Å². The monoisotopic (exact) mass is 391 g/mol. The molecule has 7 nitrogen and oxygen atoms in total. The molecule has 0 spiro atoms. The highest BCUT2D eigenvalue weighted by Gasteiger charge is 2.18. The van der Waals surface area contributed by atoms with Crippen molar-refractivity contribution >= 4 is 39.1 Å². The van der Waals surface area contributed by atoms with Crippen molar-refractivity contribution in [2.24, 2.45) is 0 Å². The van der Waals surface area contributed by atoms with E-state index in [1.807, 2.05) is 5.40 Å². The second-order valence-corrected chi connectivity index (χ2v) is 7.86. The number of thioether (sulfide) groups is 1. The Kier molecular flexibility index (Phi) is 6.13. The quantitative estimate of drug-likeness (QED) is 0.577. The predicted octanol–water partition coefficient (Wildman–Crippen LogP) is 3.34. The van der Waals surface area contributed by atoms with Gasteiger partial charge >= 0.3 is 0 Å². The van der Waals surface area contributed by atoms with E-state index in [1.54, 1.807) is 25.1 Å². The number of nitrogens with one attached hydrogen (secondary N) is 2. The summed E-state index contributed by atoms with van der Waals surface area (Å²) in [6.45, 7) is 3.07. The number of aryl methyl sites for hydroxylation is 1. The molecule has 0 bridgehead atoms. The highest BCUT2D eigenvalue weighted by molar-refractivity contribution is 8.03. The number of anilines is 2. The number of nitriles is 1. The first kappa shape index (κ1) is 19.6. The number of thiocyanates is 1. The molecule has 0 saturated heterocycles. The summed E-state index contributed by atoms with van der Waals surface area (Å²) in [5.41, 5.74) is 1.36. The first-order valence-corrected chi connectivity index (χ1v) is 9.72. The Hall–Kier alpha value is -2.70. The van der Waals surface area contributed by atoms with Gasteiger partial charge in [-0.2, -0.15) is 5.26 Å². The van der Waals surface area contributed by atoms with Crippen LogP contribution < -0.4 is 14.8 Å². The Morgan fingerprint density at radius 2 is 1.92 bits per heavy atom. The first-order valence-electron chi connectivity index (χ1n) is 7.42. The Morgan fingerprint density at radius 3 is 2.50 bits per heavy atom. The molecule has 9 heteroatoms. The van der Waals surface area contributed by atoms with Gasteiger partial charge in [0, 0.05) is 11.8 Å². The molecule has 1 amide bonds. The van der Waals surface area contributed by atoms with E-state index in [2.05, 4.69) is 10.0 Å². The van der Waals surface area contributed by atoms with E-state index < -0.39 is 10.0 Å². The minimum Gasteiger partial charge on any atom is -0.495 e. The van der Waals surface area contributed by atoms with E-state index in [4.69, 9.17) is 10.00 Å². The molecule has 2 aromatic rings. The van der Waals surface area contributed by atoms with Gasteiger partial charge in [0.25, 0.3) is 10.0 Å². The van der Waals surface area contributed by atoms with Gasteiger partial charge in [-0.05, 0) is 60.6 Å². The smallest absolute Gasteiger partial charge is 0.261 e. The second kappa shape index (κ2) is 8.12. The van der Waals surface area contributed by atoms with Crippen LogP contribution >= 0.6 is 11.8 Å². The highest BCUT2D eigenvalue weighted by atomic mass is 32.2. The molecule has 0 aliphatic carbocycles. The number of hydrogen-bond acceptors (Lipinski definition) is 6. The molecular formula is C17H17N3O4S2. The summed E-state index contributed by atoms with van der Waals surface area (Å²) >= 11 is 0.998. The molecule has 0 atom stereocenters. The molecule has 136 valence electrons. The van der Waals surface area contributed by atoms with Crippen LogP contribution in [0.4, 0.5) is 11.4 Å². The number of carbonyl (C=O) groups excluding carboxylic acids is 1. The third-order valence-electron chi connectivity index (χ3n) is 3.40. The van der Waals surface area contributed by atoms with E-state index in [1.165, 1.54) is 32.2 Å². The Labute approximate surface area is 156 Å². The van der Waals surface area contributed by atoms with Gasteiger partial charge in [0.1, 0.15) is 11.2 Å². The van der Waals surface area contributed by atoms with E-state index >= 15 is 0 Å². The maximum atomic E-state index is 12.7. The number of hydrogen-bond donors (Lipinski definition) is 2. The zero-order valence-corrected chi connectivity index (χ0v) is 16.0.